The van der Waals surface area contributed by atoms with Gasteiger partial charge in [0.2, 0.25) is 11.9 Å². The molecule has 2 aromatic rings. The normalized spacial score (nSPS) is 10.6. The van der Waals surface area contributed by atoms with Crippen molar-refractivity contribution >= 4 is 11.9 Å². The first-order valence-corrected chi connectivity index (χ1v) is 5.46. The van der Waals surface area contributed by atoms with Crippen LogP contribution >= 0.6 is 0 Å². The van der Waals surface area contributed by atoms with Crippen LogP contribution in [0.1, 0.15) is 11.1 Å². The zero-order valence-electron chi connectivity index (χ0n) is 10.6. The Hall–Kier alpha value is -2.04. The third-order valence-corrected chi connectivity index (χ3v) is 2.60. The number of nitrogens with zero attached hydrogens (tertiary/aromatic N) is 4. The maximum Gasteiger partial charge on any atom is 0.246 e. The molecule has 5 heteroatoms. The predicted octanol–water partition coefficient (Wildman–Crippen LogP) is 1.53. The van der Waals surface area contributed by atoms with Crippen LogP contribution in [-0.4, -0.2) is 28.9 Å². The maximum absolute atomic E-state index is 5.88. The number of nitrogen functional groups attached to an aromatic ring is 1. The number of benzene rings is 1. The van der Waals surface area contributed by atoms with Crippen molar-refractivity contribution in [3.8, 4) is 5.69 Å². The van der Waals surface area contributed by atoms with Gasteiger partial charge in [0.25, 0.3) is 0 Å². The Bertz CT molecular complexity index is 542. The van der Waals surface area contributed by atoms with Gasteiger partial charge in [-0.1, -0.05) is 17.7 Å². The standard InChI is InChI=1S/C12H17N5/c1-8-5-6-10(9(2)7-8)17-11(13)14-12(15-17)16(3)4/h5-7H,1-4H3,(H2,13,14,15). The Morgan fingerprint density at radius 2 is 1.94 bits per heavy atom. The number of anilines is 2. The molecule has 0 aliphatic rings. The summed E-state index contributed by atoms with van der Waals surface area (Å²) in [4.78, 5) is 6.04. The highest BCUT2D eigenvalue weighted by Crippen LogP contribution is 2.19. The zero-order chi connectivity index (χ0) is 12.6. The number of hydrogen-bond donors (Lipinski definition) is 1. The number of hydrogen-bond acceptors (Lipinski definition) is 4. The van der Waals surface area contributed by atoms with Gasteiger partial charge in [0, 0.05) is 14.1 Å². The molecule has 1 aromatic carbocycles. The van der Waals surface area contributed by atoms with Crippen LogP contribution in [-0.2, 0) is 0 Å². The van der Waals surface area contributed by atoms with Crippen LogP contribution < -0.4 is 10.6 Å². The van der Waals surface area contributed by atoms with Crippen molar-refractivity contribution in [3.63, 3.8) is 0 Å². The first kappa shape index (κ1) is 11.4. The highest BCUT2D eigenvalue weighted by molar-refractivity contribution is 5.47. The summed E-state index contributed by atoms with van der Waals surface area (Å²) in [6.45, 7) is 4.10. The van der Waals surface area contributed by atoms with Gasteiger partial charge < -0.3 is 10.6 Å². The second kappa shape index (κ2) is 4.08. The summed E-state index contributed by atoms with van der Waals surface area (Å²) in [7, 11) is 3.78. The Kier molecular flexibility index (Phi) is 2.75. The molecule has 5 nitrogen and oxygen atoms in total. The van der Waals surface area contributed by atoms with E-state index in [0.717, 1.165) is 11.3 Å². The van der Waals surface area contributed by atoms with Gasteiger partial charge in [-0.3, -0.25) is 0 Å². The number of aromatic nitrogens is 3. The first-order chi connectivity index (χ1) is 7.99. The van der Waals surface area contributed by atoms with Crippen LogP contribution in [0.4, 0.5) is 11.9 Å². The lowest BCUT2D eigenvalue weighted by molar-refractivity contribution is 0.867. The van der Waals surface area contributed by atoms with Crippen molar-refractivity contribution in [2.75, 3.05) is 24.7 Å². The summed E-state index contributed by atoms with van der Waals surface area (Å²) < 4.78 is 1.67. The first-order valence-electron chi connectivity index (χ1n) is 5.46. The fourth-order valence-electron chi connectivity index (χ4n) is 1.72. The van der Waals surface area contributed by atoms with E-state index in [1.807, 2.05) is 38.1 Å². The molecular weight excluding hydrogens is 214 g/mol. The summed E-state index contributed by atoms with van der Waals surface area (Å²) in [5, 5.41) is 4.38. The molecule has 0 unspecified atom stereocenters. The lowest BCUT2D eigenvalue weighted by Gasteiger charge is -2.08. The lowest BCUT2D eigenvalue weighted by Crippen LogP contribution is -2.11. The molecule has 0 amide bonds. The van der Waals surface area contributed by atoms with Gasteiger partial charge in [0.15, 0.2) is 0 Å². The number of nitrogens with two attached hydrogens (primary N) is 1. The lowest BCUT2D eigenvalue weighted by atomic mass is 10.1. The molecule has 17 heavy (non-hydrogen) atoms. The van der Waals surface area contributed by atoms with Gasteiger partial charge in [-0.15, -0.1) is 5.10 Å². The average Bonchev–Trinajstić information content (AvgIpc) is 2.61. The zero-order valence-corrected chi connectivity index (χ0v) is 10.6. The highest BCUT2D eigenvalue weighted by atomic mass is 15.4. The van der Waals surface area contributed by atoms with Crippen LogP contribution in [0.5, 0.6) is 0 Å². The summed E-state index contributed by atoms with van der Waals surface area (Å²) in [6, 6.07) is 6.15. The van der Waals surface area contributed by atoms with E-state index in [1.165, 1.54) is 5.56 Å². The van der Waals surface area contributed by atoms with E-state index in [0.29, 0.717) is 11.9 Å². The fraction of sp³-hybridized carbons (Fsp3) is 0.333. The topological polar surface area (TPSA) is 60.0 Å². The quantitative estimate of drug-likeness (QED) is 0.851. The molecule has 0 radical (unpaired) electrons. The second-order valence-electron chi connectivity index (χ2n) is 4.37. The molecule has 90 valence electrons. The van der Waals surface area contributed by atoms with Crippen LogP contribution in [0.15, 0.2) is 18.2 Å². The molecule has 1 aromatic heterocycles. The second-order valence-corrected chi connectivity index (χ2v) is 4.37. The van der Waals surface area contributed by atoms with Crippen molar-refractivity contribution < 1.29 is 0 Å². The Morgan fingerprint density at radius 3 is 2.47 bits per heavy atom. The van der Waals surface area contributed by atoms with Crippen molar-refractivity contribution in [1.82, 2.24) is 14.8 Å². The molecule has 2 N–H and O–H groups in total. The van der Waals surface area contributed by atoms with E-state index in [1.54, 1.807) is 4.68 Å². The molecule has 0 spiro atoms. The minimum Gasteiger partial charge on any atom is -0.368 e. The molecule has 0 aliphatic heterocycles. The van der Waals surface area contributed by atoms with Crippen LogP contribution in [0, 0.1) is 13.8 Å². The molecule has 1 heterocycles. The fourth-order valence-corrected chi connectivity index (χ4v) is 1.72. The largest absolute Gasteiger partial charge is 0.368 e. The predicted molar refractivity (Wildman–Crippen MR) is 69.6 cm³/mol. The van der Waals surface area contributed by atoms with E-state index in [2.05, 4.69) is 23.1 Å². The molecule has 0 fully saturated rings. The van der Waals surface area contributed by atoms with Gasteiger partial charge in [-0.05, 0) is 25.5 Å². The smallest absolute Gasteiger partial charge is 0.246 e. The molecule has 0 atom stereocenters. The molecular formula is C12H17N5. The Labute approximate surface area is 101 Å². The molecule has 0 aliphatic carbocycles. The number of aryl methyl sites for hydroxylation is 2. The minimum absolute atomic E-state index is 0.403. The van der Waals surface area contributed by atoms with Gasteiger partial charge in [-0.25, -0.2) is 0 Å². The van der Waals surface area contributed by atoms with Gasteiger partial charge >= 0.3 is 0 Å². The SMILES string of the molecule is Cc1ccc(-n2nc(N(C)C)nc2N)c(C)c1. The van der Waals surface area contributed by atoms with Crippen molar-refractivity contribution in [3.05, 3.63) is 29.3 Å². The van der Waals surface area contributed by atoms with Crippen molar-refractivity contribution in [1.29, 1.82) is 0 Å². The van der Waals surface area contributed by atoms with Crippen LogP contribution in [0.2, 0.25) is 0 Å². The third kappa shape index (κ3) is 2.08. The van der Waals surface area contributed by atoms with E-state index in [-0.39, 0.29) is 0 Å². The third-order valence-electron chi connectivity index (χ3n) is 2.60. The molecule has 0 bridgehead atoms. The van der Waals surface area contributed by atoms with E-state index < -0.39 is 0 Å². The van der Waals surface area contributed by atoms with E-state index in [9.17, 15) is 0 Å². The van der Waals surface area contributed by atoms with Crippen molar-refractivity contribution in [2.45, 2.75) is 13.8 Å². The van der Waals surface area contributed by atoms with E-state index in [4.69, 9.17) is 5.73 Å². The highest BCUT2D eigenvalue weighted by Gasteiger charge is 2.11. The minimum atomic E-state index is 0.403. The average molecular weight is 231 g/mol. The summed E-state index contributed by atoms with van der Waals surface area (Å²) in [6.07, 6.45) is 0. The maximum atomic E-state index is 5.88. The molecule has 0 saturated heterocycles. The molecule has 2 rings (SSSR count). The Morgan fingerprint density at radius 1 is 1.24 bits per heavy atom. The summed E-state index contributed by atoms with van der Waals surface area (Å²) >= 11 is 0. The summed E-state index contributed by atoms with van der Waals surface area (Å²) in [5.74, 6) is 1.02. The number of rotatable bonds is 2. The van der Waals surface area contributed by atoms with Crippen molar-refractivity contribution in [2.24, 2.45) is 0 Å². The van der Waals surface area contributed by atoms with Gasteiger partial charge in [-0.2, -0.15) is 9.67 Å². The van der Waals surface area contributed by atoms with Gasteiger partial charge in [0.1, 0.15) is 0 Å². The van der Waals surface area contributed by atoms with E-state index >= 15 is 0 Å². The van der Waals surface area contributed by atoms with Crippen LogP contribution in [0.3, 0.4) is 0 Å². The Balaban J connectivity index is 2.52. The molecule has 0 saturated carbocycles. The summed E-state index contributed by atoms with van der Waals surface area (Å²) in [5.41, 5.74) is 9.20. The monoisotopic (exact) mass is 231 g/mol. The van der Waals surface area contributed by atoms with Gasteiger partial charge in [0.05, 0.1) is 5.69 Å². The van der Waals surface area contributed by atoms with Crippen LogP contribution in [0.25, 0.3) is 5.69 Å².